The number of nitrogens with one attached hydrogen (secondary N) is 1. The second-order valence-electron chi connectivity index (χ2n) is 7.83. The summed E-state index contributed by atoms with van der Waals surface area (Å²) in [6.45, 7) is 15.0. The van der Waals surface area contributed by atoms with E-state index >= 15 is 0 Å². The Kier molecular flexibility index (Phi) is 6.32. The Morgan fingerprint density at radius 3 is 2.21 bits per heavy atom. The number of hydrogen-bond acceptors (Lipinski definition) is 2. The van der Waals surface area contributed by atoms with Crippen molar-refractivity contribution in [2.75, 3.05) is 26.8 Å². The fourth-order valence-corrected chi connectivity index (χ4v) is 3.53. The van der Waals surface area contributed by atoms with E-state index in [-0.39, 0.29) is 0 Å². The zero-order chi connectivity index (χ0) is 14.5. The Labute approximate surface area is 120 Å². The number of hydrogen-bond donors (Lipinski definition) is 1. The predicted molar refractivity (Wildman–Crippen MR) is 83.4 cm³/mol. The van der Waals surface area contributed by atoms with Gasteiger partial charge in [-0.2, -0.15) is 0 Å². The maximum absolute atomic E-state index is 5.12. The molecule has 1 saturated carbocycles. The second kappa shape index (κ2) is 7.08. The predicted octanol–water partition coefficient (Wildman–Crippen LogP) is 4.10. The minimum atomic E-state index is 0.479. The van der Waals surface area contributed by atoms with E-state index in [1.807, 2.05) is 0 Å². The summed E-state index contributed by atoms with van der Waals surface area (Å²) in [5.74, 6) is 1.67. The molecule has 1 N–H and O–H groups in total. The molecule has 0 atom stereocenters. The monoisotopic (exact) mass is 269 g/mol. The summed E-state index contributed by atoms with van der Waals surface area (Å²) >= 11 is 0. The van der Waals surface area contributed by atoms with E-state index in [4.69, 9.17) is 4.74 Å². The Morgan fingerprint density at radius 2 is 1.79 bits per heavy atom. The molecule has 2 nitrogen and oxygen atoms in total. The molecule has 0 bridgehead atoms. The summed E-state index contributed by atoms with van der Waals surface area (Å²) in [5.41, 5.74) is 0.988. The minimum absolute atomic E-state index is 0.479. The molecule has 0 aromatic heterocycles. The van der Waals surface area contributed by atoms with E-state index in [0.29, 0.717) is 10.8 Å². The van der Waals surface area contributed by atoms with Crippen molar-refractivity contribution in [1.29, 1.82) is 0 Å². The summed E-state index contributed by atoms with van der Waals surface area (Å²) in [7, 11) is 1.77. The van der Waals surface area contributed by atoms with Gasteiger partial charge in [0.15, 0.2) is 0 Å². The van der Waals surface area contributed by atoms with Crippen LogP contribution in [-0.4, -0.2) is 26.8 Å². The molecule has 0 aromatic rings. The van der Waals surface area contributed by atoms with Gasteiger partial charge in [0.2, 0.25) is 0 Å². The van der Waals surface area contributed by atoms with Crippen molar-refractivity contribution in [2.24, 2.45) is 22.7 Å². The van der Waals surface area contributed by atoms with E-state index in [1.54, 1.807) is 7.11 Å². The van der Waals surface area contributed by atoms with Gasteiger partial charge in [0.1, 0.15) is 0 Å². The first-order valence-electron chi connectivity index (χ1n) is 8.01. The highest BCUT2D eigenvalue weighted by Crippen LogP contribution is 2.48. The fraction of sp³-hybridized carbons (Fsp3) is 1.00. The summed E-state index contributed by atoms with van der Waals surface area (Å²) in [6.07, 6.45) is 5.56. The van der Waals surface area contributed by atoms with Crippen LogP contribution >= 0.6 is 0 Å². The topological polar surface area (TPSA) is 21.3 Å². The minimum Gasteiger partial charge on any atom is -0.383 e. The summed E-state index contributed by atoms with van der Waals surface area (Å²) in [6, 6.07) is 0. The van der Waals surface area contributed by atoms with Gasteiger partial charge in [0.05, 0.1) is 6.61 Å². The highest BCUT2D eigenvalue weighted by atomic mass is 16.5. The maximum atomic E-state index is 5.12. The van der Waals surface area contributed by atoms with Crippen molar-refractivity contribution < 1.29 is 4.74 Å². The summed E-state index contributed by atoms with van der Waals surface area (Å²) < 4.78 is 5.12. The third-order valence-electron chi connectivity index (χ3n) is 5.39. The van der Waals surface area contributed by atoms with Crippen LogP contribution in [0.25, 0.3) is 0 Å². The molecule has 114 valence electrons. The lowest BCUT2D eigenvalue weighted by Gasteiger charge is -2.46. The Bertz CT molecular complexity index is 246. The molecule has 0 heterocycles. The third-order valence-corrected chi connectivity index (χ3v) is 5.39. The van der Waals surface area contributed by atoms with Crippen LogP contribution in [0.5, 0.6) is 0 Å². The van der Waals surface area contributed by atoms with Crippen molar-refractivity contribution in [3.05, 3.63) is 0 Å². The van der Waals surface area contributed by atoms with E-state index in [2.05, 4.69) is 39.9 Å². The maximum Gasteiger partial charge on any atom is 0.0587 e. The molecule has 0 radical (unpaired) electrons. The molecule has 0 aliphatic heterocycles. The van der Waals surface area contributed by atoms with Gasteiger partial charge in [-0.3, -0.25) is 0 Å². The zero-order valence-corrected chi connectivity index (χ0v) is 14.0. The first-order chi connectivity index (χ1) is 8.82. The number of rotatable bonds is 6. The van der Waals surface area contributed by atoms with E-state index in [1.165, 1.54) is 25.7 Å². The zero-order valence-electron chi connectivity index (χ0n) is 14.0. The van der Waals surface area contributed by atoms with E-state index in [9.17, 15) is 0 Å². The van der Waals surface area contributed by atoms with Crippen LogP contribution in [0.3, 0.4) is 0 Å². The quantitative estimate of drug-likeness (QED) is 0.733. The fourth-order valence-electron chi connectivity index (χ4n) is 3.53. The van der Waals surface area contributed by atoms with Crippen molar-refractivity contribution in [3.8, 4) is 0 Å². The average molecular weight is 269 g/mol. The van der Waals surface area contributed by atoms with Gasteiger partial charge in [-0.25, -0.2) is 0 Å². The highest BCUT2D eigenvalue weighted by Gasteiger charge is 2.40. The molecule has 1 fully saturated rings. The molecule has 0 saturated heterocycles. The van der Waals surface area contributed by atoms with Gasteiger partial charge in [0.25, 0.3) is 0 Å². The molecule has 0 amide bonds. The Hall–Kier alpha value is -0.0800. The largest absolute Gasteiger partial charge is 0.383 e. The SMILES string of the molecule is COCCNCC1(C(C)C)CCC(C(C)(C)C)CC1. The molecule has 1 aliphatic rings. The lowest BCUT2D eigenvalue weighted by molar-refractivity contribution is 0.0498. The van der Waals surface area contributed by atoms with Gasteiger partial charge in [-0.1, -0.05) is 34.6 Å². The van der Waals surface area contributed by atoms with Crippen LogP contribution in [0.15, 0.2) is 0 Å². The van der Waals surface area contributed by atoms with Crippen LogP contribution < -0.4 is 5.32 Å². The molecule has 19 heavy (non-hydrogen) atoms. The average Bonchev–Trinajstić information content (AvgIpc) is 2.34. The van der Waals surface area contributed by atoms with Crippen molar-refractivity contribution in [3.63, 3.8) is 0 Å². The molecule has 1 rings (SSSR count). The number of methoxy groups -OCH3 is 1. The smallest absolute Gasteiger partial charge is 0.0587 e. The lowest BCUT2D eigenvalue weighted by atomic mass is 9.60. The van der Waals surface area contributed by atoms with Crippen LogP contribution in [0.4, 0.5) is 0 Å². The lowest BCUT2D eigenvalue weighted by Crippen LogP contribution is -2.43. The van der Waals surface area contributed by atoms with Gasteiger partial charge in [-0.05, 0) is 48.3 Å². The van der Waals surface area contributed by atoms with Crippen LogP contribution in [0.1, 0.15) is 60.3 Å². The molecule has 0 spiro atoms. The standard InChI is InChI=1S/C17H35NO/c1-14(2)17(13-18-11-12-19-6)9-7-15(8-10-17)16(3,4)5/h14-15,18H,7-13H2,1-6H3. The Morgan fingerprint density at radius 1 is 1.21 bits per heavy atom. The molecule has 0 unspecified atom stereocenters. The summed E-state index contributed by atoms with van der Waals surface area (Å²) in [5, 5.41) is 3.61. The van der Waals surface area contributed by atoms with Gasteiger partial charge in [-0.15, -0.1) is 0 Å². The number of ether oxygens (including phenoxy) is 1. The molecule has 0 aromatic carbocycles. The first kappa shape index (κ1) is 17.0. The molecular weight excluding hydrogens is 234 g/mol. The van der Waals surface area contributed by atoms with Crippen LogP contribution in [0.2, 0.25) is 0 Å². The van der Waals surface area contributed by atoms with E-state index in [0.717, 1.165) is 31.5 Å². The highest BCUT2D eigenvalue weighted by molar-refractivity contribution is 4.92. The van der Waals surface area contributed by atoms with Crippen molar-refractivity contribution in [1.82, 2.24) is 5.32 Å². The van der Waals surface area contributed by atoms with E-state index < -0.39 is 0 Å². The van der Waals surface area contributed by atoms with Crippen molar-refractivity contribution in [2.45, 2.75) is 60.3 Å². The van der Waals surface area contributed by atoms with Crippen LogP contribution in [0, 0.1) is 22.7 Å². The van der Waals surface area contributed by atoms with Gasteiger partial charge < -0.3 is 10.1 Å². The summed E-state index contributed by atoms with van der Waals surface area (Å²) in [4.78, 5) is 0. The molecular formula is C17H35NO. The van der Waals surface area contributed by atoms with Crippen LogP contribution in [-0.2, 0) is 4.74 Å². The normalized spacial score (nSPS) is 28.9. The molecule has 2 heteroatoms. The van der Waals surface area contributed by atoms with Gasteiger partial charge in [0, 0.05) is 20.2 Å². The first-order valence-corrected chi connectivity index (χ1v) is 8.01. The molecule has 1 aliphatic carbocycles. The second-order valence-corrected chi connectivity index (χ2v) is 7.83. The third kappa shape index (κ3) is 4.75. The van der Waals surface area contributed by atoms with Gasteiger partial charge >= 0.3 is 0 Å². The van der Waals surface area contributed by atoms with Crippen molar-refractivity contribution >= 4 is 0 Å². The Balaban J connectivity index is 2.52.